The molecule has 0 saturated carbocycles. The molecule has 0 radical (unpaired) electrons. The number of anilines is 1. The van der Waals surface area contributed by atoms with Crippen LogP contribution in [0, 0.1) is 12.8 Å². The van der Waals surface area contributed by atoms with Gasteiger partial charge in [-0.05, 0) is 24.6 Å². The number of ether oxygens (including phenoxy) is 1. The molecule has 4 nitrogen and oxygen atoms in total. The van der Waals surface area contributed by atoms with Gasteiger partial charge in [0, 0.05) is 17.3 Å². The molecule has 2 unspecified atom stereocenters. The first kappa shape index (κ1) is 19.8. The summed E-state index contributed by atoms with van der Waals surface area (Å²) in [6.07, 6.45) is -4.43. The standard InChI is InChI=1S/C19H21F3N2O2/c1-12-15(9-6-10-16(12)26-11-19(20,21)22)24-18(25)13(2)17(23)14-7-4-3-5-8-14/h3-10,13,17H,11,23H2,1-2H3,(H,24,25). The number of carbonyl (C=O) groups is 1. The van der Waals surface area contributed by atoms with Gasteiger partial charge < -0.3 is 15.8 Å². The predicted octanol–water partition coefficient (Wildman–Crippen LogP) is 4.21. The average Bonchev–Trinajstić information content (AvgIpc) is 2.61. The first-order valence-electron chi connectivity index (χ1n) is 8.09. The maximum Gasteiger partial charge on any atom is 0.422 e. The van der Waals surface area contributed by atoms with E-state index in [0.717, 1.165) is 5.56 Å². The first-order valence-corrected chi connectivity index (χ1v) is 8.09. The zero-order chi connectivity index (χ0) is 19.3. The summed E-state index contributed by atoms with van der Waals surface area (Å²) in [5.41, 5.74) is 7.79. The molecule has 0 aromatic heterocycles. The first-order chi connectivity index (χ1) is 12.2. The Balaban J connectivity index is 2.09. The molecule has 0 aliphatic heterocycles. The lowest BCUT2D eigenvalue weighted by Crippen LogP contribution is -2.30. The third-order valence-corrected chi connectivity index (χ3v) is 4.07. The smallest absolute Gasteiger partial charge is 0.422 e. The molecule has 0 bridgehead atoms. The summed E-state index contributed by atoms with van der Waals surface area (Å²) in [7, 11) is 0. The van der Waals surface area contributed by atoms with Crippen LogP contribution < -0.4 is 15.8 Å². The highest BCUT2D eigenvalue weighted by molar-refractivity contribution is 5.93. The molecule has 0 aliphatic rings. The van der Waals surface area contributed by atoms with E-state index < -0.39 is 24.7 Å². The van der Waals surface area contributed by atoms with Gasteiger partial charge in [-0.3, -0.25) is 4.79 Å². The van der Waals surface area contributed by atoms with Crippen LogP contribution in [-0.2, 0) is 4.79 Å². The van der Waals surface area contributed by atoms with Gasteiger partial charge in [-0.25, -0.2) is 0 Å². The molecule has 1 amide bonds. The Labute approximate surface area is 150 Å². The molecule has 0 heterocycles. The third kappa shape index (κ3) is 5.23. The van der Waals surface area contributed by atoms with Crippen LogP contribution in [-0.4, -0.2) is 18.7 Å². The number of amides is 1. The van der Waals surface area contributed by atoms with E-state index in [4.69, 9.17) is 10.5 Å². The maximum atomic E-state index is 12.5. The number of alkyl halides is 3. The van der Waals surface area contributed by atoms with Crippen molar-refractivity contribution < 1.29 is 22.7 Å². The van der Waals surface area contributed by atoms with Crippen molar-refractivity contribution in [1.82, 2.24) is 0 Å². The number of halogens is 3. The summed E-state index contributed by atoms with van der Waals surface area (Å²) < 4.78 is 41.8. The number of hydrogen-bond acceptors (Lipinski definition) is 3. The van der Waals surface area contributed by atoms with Crippen LogP contribution in [0.15, 0.2) is 48.5 Å². The van der Waals surface area contributed by atoms with E-state index in [1.54, 1.807) is 19.9 Å². The monoisotopic (exact) mass is 366 g/mol. The number of hydrogen-bond donors (Lipinski definition) is 2. The summed E-state index contributed by atoms with van der Waals surface area (Å²) in [6.45, 7) is 1.90. The van der Waals surface area contributed by atoms with E-state index in [0.29, 0.717) is 11.3 Å². The fourth-order valence-electron chi connectivity index (χ4n) is 2.44. The third-order valence-electron chi connectivity index (χ3n) is 4.07. The van der Waals surface area contributed by atoms with Crippen molar-refractivity contribution in [3.05, 3.63) is 59.7 Å². The second-order valence-corrected chi connectivity index (χ2v) is 6.05. The molecule has 3 N–H and O–H groups in total. The Morgan fingerprint density at radius 2 is 1.81 bits per heavy atom. The van der Waals surface area contributed by atoms with Crippen molar-refractivity contribution in [2.75, 3.05) is 11.9 Å². The van der Waals surface area contributed by atoms with E-state index in [1.807, 2.05) is 30.3 Å². The van der Waals surface area contributed by atoms with Gasteiger partial charge in [-0.2, -0.15) is 13.2 Å². The highest BCUT2D eigenvalue weighted by Gasteiger charge is 2.29. The summed E-state index contributed by atoms with van der Waals surface area (Å²) in [6, 6.07) is 13.3. The molecule has 2 rings (SSSR count). The molecule has 2 aromatic rings. The minimum Gasteiger partial charge on any atom is -0.484 e. The molecular weight excluding hydrogens is 345 g/mol. The van der Waals surface area contributed by atoms with Gasteiger partial charge in [-0.1, -0.05) is 43.3 Å². The Bertz CT molecular complexity index is 748. The Hall–Kier alpha value is -2.54. The van der Waals surface area contributed by atoms with Crippen molar-refractivity contribution in [3.63, 3.8) is 0 Å². The normalized spacial score (nSPS) is 13.8. The van der Waals surface area contributed by atoms with Gasteiger partial charge >= 0.3 is 6.18 Å². The van der Waals surface area contributed by atoms with Gasteiger partial charge in [0.1, 0.15) is 5.75 Å². The quantitative estimate of drug-likeness (QED) is 0.805. The topological polar surface area (TPSA) is 64.4 Å². The minimum absolute atomic E-state index is 0.0696. The van der Waals surface area contributed by atoms with Crippen LogP contribution in [0.25, 0.3) is 0 Å². The number of nitrogens with one attached hydrogen (secondary N) is 1. The van der Waals surface area contributed by atoms with E-state index in [-0.39, 0.29) is 11.7 Å². The van der Waals surface area contributed by atoms with Crippen LogP contribution in [0.5, 0.6) is 5.75 Å². The van der Waals surface area contributed by atoms with Crippen LogP contribution in [0.4, 0.5) is 18.9 Å². The lowest BCUT2D eigenvalue weighted by atomic mass is 9.94. The fraction of sp³-hybridized carbons (Fsp3) is 0.316. The molecular formula is C19H21F3N2O2. The molecule has 0 aliphatic carbocycles. The Morgan fingerprint density at radius 3 is 2.42 bits per heavy atom. The van der Waals surface area contributed by atoms with Crippen LogP contribution >= 0.6 is 0 Å². The van der Waals surface area contributed by atoms with Crippen molar-refractivity contribution in [2.24, 2.45) is 11.7 Å². The van der Waals surface area contributed by atoms with Gasteiger partial charge in [0.2, 0.25) is 5.91 Å². The summed E-state index contributed by atoms with van der Waals surface area (Å²) in [5, 5.41) is 2.72. The average molecular weight is 366 g/mol. The predicted molar refractivity (Wildman–Crippen MR) is 93.9 cm³/mol. The lowest BCUT2D eigenvalue weighted by molar-refractivity contribution is -0.153. The van der Waals surface area contributed by atoms with E-state index in [9.17, 15) is 18.0 Å². The second kappa shape index (κ2) is 8.23. The molecule has 2 atom stereocenters. The lowest BCUT2D eigenvalue weighted by Gasteiger charge is -2.21. The molecule has 26 heavy (non-hydrogen) atoms. The highest BCUT2D eigenvalue weighted by Crippen LogP contribution is 2.28. The Morgan fingerprint density at radius 1 is 1.15 bits per heavy atom. The zero-order valence-corrected chi connectivity index (χ0v) is 14.5. The van der Waals surface area contributed by atoms with Gasteiger partial charge in [-0.15, -0.1) is 0 Å². The van der Waals surface area contributed by atoms with Crippen molar-refractivity contribution in [2.45, 2.75) is 26.1 Å². The molecule has 7 heteroatoms. The van der Waals surface area contributed by atoms with Gasteiger partial charge in [0.25, 0.3) is 0 Å². The molecule has 0 fully saturated rings. The van der Waals surface area contributed by atoms with E-state index >= 15 is 0 Å². The minimum atomic E-state index is -4.43. The van der Waals surface area contributed by atoms with E-state index in [1.165, 1.54) is 12.1 Å². The van der Waals surface area contributed by atoms with Crippen LogP contribution in [0.2, 0.25) is 0 Å². The number of rotatable bonds is 6. The summed E-state index contributed by atoms with van der Waals surface area (Å²) in [5.74, 6) is -0.783. The van der Waals surface area contributed by atoms with Crippen molar-refractivity contribution in [1.29, 1.82) is 0 Å². The van der Waals surface area contributed by atoms with E-state index in [2.05, 4.69) is 5.32 Å². The molecule has 140 valence electrons. The fourth-order valence-corrected chi connectivity index (χ4v) is 2.44. The number of carbonyl (C=O) groups excluding carboxylic acids is 1. The molecule has 2 aromatic carbocycles. The number of nitrogens with two attached hydrogens (primary N) is 1. The van der Waals surface area contributed by atoms with Crippen LogP contribution in [0.1, 0.15) is 24.1 Å². The van der Waals surface area contributed by atoms with Crippen LogP contribution in [0.3, 0.4) is 0 Å². The Kier molecular flexibility index (Phi) is 6.26. The molecule has 0 spiro atoms. The zero-order valence-electron chi connectivity index (χ0n) is 14.5. The maximum absolute atomic E-state index is 12.5. The van der Waals surface area contributed by atoms with Gasteiger partial charge in [0.15, 0.2) is 6.61 Å². The van der Waals surface area contributed by atoms with Gasteiger partial charge in [0.05, 0.1) is 5.92 Å². The highest BCUT2D eigenvalue weighted by atomic mass is 19.4. The molecule has 0 saturated heterocycles. The van der Waals surface area contributed by atoms with Crippen molar-refractivity contribution >= 4 is 11.6 Å². The summed E-state index contributed by atoms with van der Waals surface area (Å²) >= 11 is 0. The second-order valence-electron chi connectivity index (χ2n) is 6.05. The summed E-state index contributed by atoms with van der Waals surface area (Å²) in [4.78, 5) is 12.5. The number of benzene rings is 2. The largest absolute Gasteiger partial charge is 0.484 e. The van der Waals surface area contributed by atoms with Crippen molar-refractivity contribution in [3.8, 4) is 5.75 Å². The SMILES string of the molecule is Cc1c(NC(=O)C(C)C(N)c2ccccc2)cccc1OCC(F)(F)F.